The number of hydrogen-bond acceptors (Lipinski definition) is 7. The van der Waals surface area contributed by atoms with Crippen LogP contribution in [0.2, 0.25) is 0 Å². The summed E-state index contributed by atoms with van der Waals surface area (Å²) in [5, 5.41) is 8.55. The predicted octanol–water partition coefficient (Wildman–Crippen LogP) is 3.78. The summed E-state index contributed by atoms with van der Waals surface area (Å²) in [4.78, 5) is 0. The average Bonchev–Trinajstić information content (AvgIpc) is 2.78. The monoisotopic (exact) mass is 448 g/mol. The van der Waals surface area contributed by atoms with Gasteiger partial charge in [-0.05, 0) is 26.2 Å². The summed E-state index contributed by atoms with van der Waals surface area (Å²) in [6, 6.07) is 0. The van der Waals surface area contributed by atoms with Gasteiger partial charge in [-0.15, -0.1) is 0 Å². The molecule has 0 aromatic heterocycles. The summed E-state index contributed by atoms with van der Waals surface area (Å²) in [7, 11) is 0. The molecule has 0 saturated carbocycles. The molecular formula is C24H48O7. The van der Waals surface area contributed by atoms with Gasteiger partial charge < -0.3 is 33.5 Å². The zero-order chi connectivity index (χ0) is 22.5. The van der Waals surface area contributed by atoms with Crippen LogP contribution in [-0.2, 0) is 28.4 Å². The molecule has 0 aromatic rings. The van der Waals surface area contributed by atoms with Gasteiger partial charge in [-0.2, -0.15) is 0 Å². The lowest BCUT2D eigenvalue weighted by molar-refractivity contribution is -0.0182. The van der Waals surface area contributed by atoms with Crippen molar-refractivity contribution in [3.63, 3.8) is 0 Å². The highest BCUT2D eigenvalue weighted by Gasteiger charge is 1.95. The number of hydrogen-bond donors (Lipinski definition) is 1. The first-order chi connectivity index (χ1) is 15.4. The number of rotatable bonds is 27. The van der Waals surface area contributed by atoms with E-state index in [0.29, 0.717) is 72.7 Å². The third-order valence-electron chi connectivity index (χ3n) is 4.49. The Bertz CT molecular complexity index is 340. The molecule has 0 saturated heterocycles. The first kappa shape index (κ1) is 30.5. The fraction of sp³-hybridized carbons (Fsp3) is 0.917. The van der Waals surface area contributed by atoms with E-state index in [-0.39, 0.29) is 6.61 Å². The Morgan fingerprint density at radius 2 is 0.806 bits per heavy atom. The average molecular weight is 449 g/mol. The van der Waals surface area contributed by atoms with E-state index in [0.717, 1.165) is 13.0 Å². The smallest absolute Gasteiger partial charge is 0.0701 e. The van der Waals surface area contributed by atoms with Gasteiger partial charge in [-0.25, -0.2) is 0 Å². The molecule has 0 amide bonds. The maximum atomic E-state index is 8.55. The van der Waals surface area contributed by atoms with E-state index < -0.39 is 0 Å². The van der Waals surface area contributed by atoms with Gasteiger partial charge in [-0.1, -0.05) is 44.3 Å². The molecule has 7 heteroatoms. The Labute approximate surface area is 190 Å². The number of aliphatic hydroxyl groups is 1. The number of ether oxygens (including phenoxy) is 6. The third-order valence-corrected chi connectivity index (χ3v) is 4.49. The standard InChI is InChI=1S/C24H48O7/c1-2-3-4-5-6-7-8-9-10-11-13-26-15-17-28-19-21-30-23-24-31-22-20-29-18-16-27-14-12-25/h2-3,25H,4-24H2,1H3. The fourth-order valence-corrected chi connectivity index (χ4v) is 2.78. The molecule has 0 rings (SSSR count). The molecule has 0 heterocycles. The van der Waals surface area contributed by atoms with Gasteiger partial charge >= 0.3 is 0 Å². The summed E-state index contributed by atoms with van der Waals surface area (Å²) in [6.07, 6.45) is 14.7. The van der Waals surface area contributed by atoms with Gasteiger partial charge in [-0.3, -0.25) is 0 Å². The first-order valence-electron chi connectivity index (χ1n) is 12.1. The normalized spacial score (nSPS) is 11.7. The summed E-state index contributed by atoms with van der Waals surface area (Å²) >= 11 is 0. The van der Waals surface area contributed by atoms with Crippen LogP contribution in [0.3, 0.4) is 0 Å². The molecule has 186 valence electrons. The molecule has 0 spiro atoms. The molecule has 7 nitrogen and oxygen atoms in total. The molecule has 0 atom stereocenters. The van der Waals surface area contributed by atoms with Crippen molar-refractivity contribution < 1.29 is 33.5 Å². The second-order valence-electron chi connectivity index (χ2n) is 7.23. The largest absolute Gasteiger partial charge is 0.394 e. The lowest BCUT2D eigenvalue weighted by atomic mass is 10.1. The van der Waals surface area contributed by atoms with E-state index in [4.69, 9.17) is 33.5 Å². The van der Waals surface area contributed by atoms with Crippen LogP contribution in [0.1, 0.15) is 58.3 Å². The van der Waals surface area contributed by atoms with E-state index in [1.54, 1.807) is 0 Å². The SMILES string of the molecule is CC=CCCCCCCCCCOCCOCCOCCOCCOCCOCCO. The maximum Gasteiger partial charge on any atom is 0.0701 e. The highest BCUT2D eigenvalue weighted by molar-refractivity contribution is 4.76. The van der Waals surface area contributed by atoms with Crippen molar-refractivity contribution in [1.82, 2.24) is 0 Å². The molecule has 0 aromatic carbocycles. The molecule has 0 aliphatic heterocycles. The Morgan fingerprint density at radius 3 is 1.23 bits per heavy atom. The predicted molar refractivity (Wildman–Crippen MR) is 124 cm³/mol. The lowest BCUT2D eigenvalue weighted by Gasteiger charge is -2.08. The van der Waals surface area contributed by atoms with E-state index in [1.807, 2.05) is 0 Å². The molecule has 0 fully saturated rings. The highest BCUT2D eigenvalue weighted by atomic mass is 16.6. The first-order valence-corrected chi connectivity index (χ1v) is 12.1. The third kappa shape index (κ3) is 29.5. The fourth-order valence-electron chi connectivity index (χ4n) is 2.78. The van der Waals surface area contributed by atoms with Crippen molar-refractivity contribution in [1.29, 1.82) is 0 Å². The number of aliphatic hydroxyl groups excluding tert-OH is 1. The molecule has 0 unspecified atom stereocenters. The van der Waals surface area contributed by atoms with E-state index >= 15 is 0 Å². The van der Waals surface area contributed by atoms with Gasteiger partial charge in [0.05, 0.1) is 79.3 Å². The Kier molecular flexibility index (Phi) is 28.9. The van der Waals surface area contributed by atoms with Crippen molar-refractivity contribution in [2.24, 2.45) is 0 Å². The van der Waals surface area contributed by atoms with Crippen LogP contribution in [0.4, 0.5) is 0 Å². The molecule has 0 aliphatic carbocycles. The van der Waals surface area contributed by atoms with Crippen molar-refractivity contribution >= 4 is 0 Å². The Hall–Kier alpha value is -0.540. The van der Waals surface area contributed by atoms with Crippen LogP contribution >= 0.6 is 0 Å². The number of allylic oxidation sites excluding steroid dienone is 2. The lowest BCUT2D eigenvalue weighted by Crippen LogP contribution is -2.14. The molecular weight excluding hydrogens is 400 g/mol. The van der Waals surface area contributed by atoms with Crippen molar-refractivity contribution in [2.75, 3.05) is 85.9 Å². The van der Waals surface area contributed by atoms with Gasteiger partial charge in [0, 0.05) is 6.61 Å². The van der Waals surface area contributed by atoms with E-state index in [9.17, 15) is 0 Å². The molecule has 31 heavy (non-hydrogen) atoms. The van der Waals surface area contributed by atoms with Crippen LogP contribution < -0.4 is 0 Å². The van der Waals surface area contributed by atoms with Crippen LogP contribution in [0.5, 0.6) is 0 Å². The summed E-state index contributed by atoms with van der Waals surface area (Å²) < 4.78 is 32.3. The maximum absolute atomic E-state index is 8.55. The minimum atomic E-state index is 0.0418. The van der Waals surface area contributed by atoms with E-state index in [2.05, 4.69) is 19.1 Å². The molecule has 0 radical (unpaired) electrons. The van der Waals surface area contributed by atoms with Gasteiger partial charge in [0.1, 0.15) is 0 Å². The quantitative estimate of drug-likeness (QED) is 0.151. The van der Waals surface area contributed by atoms with E-state index in [1.165, 1.54) is 44.9 Å². The van der Waals surface area contributed by atoms with Crippen molar-refractivity contribution in [3.05, 3.63) is 12.2 Å². The minimum absolute atomic E-state index is 0.0418. The summed E-state index contributed by atoms with van der Waals surface area (Å²) in [6.45, 7) is 8.89. The van der Waals surface area contributed by atoms with Gasteiger partial charge in [0.25, 0.3) is 0 Å². The van der Waals surface area contributed by atoms with Gasteiger partial charge in [0.2, 0.25) is 0 Å². The molecule has 1 N–H and O–H groups in total. The Balaban J connectivity index is 2.99. The minimum Gasteiger partial charge on any atom is -0.394 e. The van der Waals surface area contributed by atoms with Gasteiger partial charge in [0.15, 0.2) is 0 Å². The zero-order valence-corrected chi connectivity index (χ0v) is 19.9. The van der Waals surface area contributed by atoms with Crippen LogP contribution in [0, 0.1) is 0 Å². The van der Waals surface area contributed by atoms with Crippen LogP contribution in [0.25, 0.3) is 0 Å². The Morgan fingerprint density at radius 1 is 0.452 bits per heavy atom. The zero-order valence-electron chi connectivity index (χ0n) is 19.9. The molecule has 0 bridgehead atoms. The second kappa shape index (κ2) is 29.5. The topological polar surface area (TPSA) is 75.6 Å². The van der Waals surface area contributed by atoms with Crippen molar-refractivity contribution in [3.8, 4) is 0 Å². The molecule has 0 aliphatic rings. The second-order valence-corrected chi connectivity index (χ2v) is 7.23. The van der Waals surface area contributed by atoms with Crippen molar-refractivity contribution in [2.45, 2.75) is 58.3 Å². The van der Waals surface area contributed by atoms with Crippen LogP contribution in [-0.4, -0.2) is 91.0 Å². The summed E-state index contributed by atoms with van der Waals surface area (Å²) in [5.74, 6) is 0. The van der Waals surface area contributed by atoms with Crippen LogP contribution in [0.15, 0.2) is 12.2 Å². The summed E-state index contributed by atoms with van der Waals surface area (Å²) in [5.41, 5.74) is 0. The highest BCUT2D eigenvalue weighted by Crippen LogP contribution is 2.08. The number of unbranched alkanes of at least 4 members (excludes halogenated alkanes) is 7.